The molecule has 2 aromatic rings. The molecule has 0 radical (unpaired) electrons. The van der Waals surface area contributed by atoms with E-state index >= 15 is 0 Å². The Morgan fingerprint density at radius 2 is 1.52 bits per heavy atom. The molecule has 1 atom stereocenters. The van der Waals surface area contributed by atoms with Gasteiger partial charge in [-0.25, -0.2) is 0 Å². The van der Waals surface area contributed by atoms with E-state index < -0.39 is 11.8 Å². The summed E-state index contributed by atoms with van der Waals surface area (Å²) in [6, 6.07) is 16.6. The van der Waals surface area contributed by atoms with Crippen molar-refractivity contribution in [3.8, 4) is 0 Å². The molecule has 0 saturated heterocycles. The van der Waals surface area contributed by atoms with Crippen LogP contribution >= 0.6 is 0 Å². The summed E-state index contributed by atoms with van der Waals surface area (Å²) in [6.45, 7) is 3.72. The predicted octanol–water partition coefficient (Wildman–Crippen LogP) is 2.81. The van der Waals surface area contributed by atoms with Gasteiger partial charge >= 0.3 is 11.8 Å². The van der Waals surface area contributed by atoms with Crippen LogP contribution in [-0.4, -0.2) is 11.8 Å². The topological polar surface area (TPSA) is 58.2 Å². The summed E-state index contributed by atoms with van der Waals surface area (Å²) in [4.78, 5) is 23.8. The van der Waals surface area contributed by atoms with Crippen molar-refractivity contribution < 1.29 is 9.59 Å². The van der Waals surface area contributed by atoms with E-state index in [-0.39, 0.29) is 6.04 Å². The Bertz CT molecular complexity index is 638. The van der Waals surface area contributed by atoms with Crippen LogP contribution in [0, 0.1) is 6.92 Å². The number of nitrogens with one attached hydrogen (secondary N) is 2. The fourth-order valence-corrected chi connectivity index (χ4v) is 1.98. The van der Waals surface area contributed by atoms with E-state index in [2.05, 4.69) is 10.6 Å². The molecule has 0 aromatic heterocycles. The highest BCUT2D eigenvalue weighted by Crippen LogP contribution is 2.14. The lowest BCUT2D eigenvalue weighted by Gasteiger charge is -2.14. The summed E-state index contributed by atoms with van der Waals surface area (Å²) < 4.78 is 0. The first kappa shape index (κ1) is 14.8. The first-order valence-corrected chi connectivity index (χ1v) is 6.80. The van der Waals surface area contributed by atoms with Crippen molar-refractivity contribution in [1.82, 2.24) is 5.32 Å². The zero-order valence-electron chi connectivity index (χ0n) is 12.1. The SMILES string of the molecule is Cc1ccccc1NC(=O)C(=O)N[C@@H](C)c1ccccc1. The normalized spacial score (nSPS) is 11.5. The smallest absolute Gasteiger partial charge is 0.313 e. The lowest BCUT2D eigenvalue weighted by Crippen LogP contribution is -2.37. The third kappa shape index (κ3) is 3.92. The maximum absolute atomic E-state index is 11.9. The molecule has 0 bridgehead atoms. The molecule has 2 rings (SSSR count). The van der Waals surface area contributed by atoms with Crippen molar-refractivity contribution in [2.24, 2.45) is 0 Å². The first-order chi connectivity index (χ1) is 10.1. The van der Waals surface area contributed by atoms with E-state index in [0.717, 1.165) is 11.1 Å². The van der Waals surface area contributed by atoms with E-state index in [9.17, 15) is 9.59 Å². The van der Waals surface area contributed by atoms with Crippen molar-refractivity contribution in [2.45, 2.75) is 19.9 Å². The molecule has 108 valence electrons. The second-order valence-corrected chi connectivity index (χ2v) is 4.87. The van der Waals surface area contributed by atoms with Gasteiger partial charge in [0.1, 0.15) is 0 Å². The molecule has 0 spiro atoms. The van der Waals surface area contributed by atoms with Gasteiger partial charge < -0.3 is 10.6 Å². The summed E-state index contributed by atoms with van der Waals surface area (Å²) in [7, 11) is 0. The Kier molecular flexibility index (Phi) is 4.72. The maximum atomic E-state index is 11.9. The molecule has 2 N–H and O–H groups in total. The number of aryl methyl sites for hydroxylation is 1. The Labute approximate surface area is 124 Å². The number of rotatable bonds is 3. The highest BCUT2D eigenvalue weighted by Gasteiger charge is 2.17. The summed E-state index contributed by atoms with van der Waals surface area (Å²) >= 11 is 0. The molecule has 2 aromatic carbocycles. The van der Waals surface area contributed by atoms with Gasteiger partial charge in [0, 0.05) is 5.69 Å². The van der Waals surface area contributed by atoms with Crippen LogP contribution in [0.5, 0.6) is 0 Å². The standard InChI is InChI=1S/C17H18N2O2/c1-12-8-6-7-11-15(12)19-17(21)16(20)18-13(2)14-9-4-3-5-10-14/h3-11,13H,1-2H3,(H,18,20)(H,19,21)/t13-/m0/s1. The van der Waals surface area contributed by atoms with Crippen molar-refractivity contribution in [3.63, 3.8) is 0 Å². The zero-order chi connectivity index (χ0) is 15.2. The third-order valence-corrected chi connectivity index (χ3v) is 3.25. The minimum atomic E-state index is -0.660. The number of carbonyl (C=O) groups excluding carboxylic acids is 2. The van der Waals surface area contributed by atoms with Crippen LogP contribution in [0.25, 0.3) is 0 Å². The van der Waals surface area contributed by atoms with Crippen molar-refractivity contribution in [3.05, 3.63) is 65.7 Å². The predicted molar refractivity (Wildman–Crippen MR) is 82.8 cm³/mol. The average Bonchev–Trinajstić information content (AvgIpc) is 2.50. The molecule has 0 aliphatic rings. The molecule has 0 heterocycles. The number of benzene rings is 2. The van der Waals surface area contributed by atoms with Crippen LogP contribution in [0.1, 0.15) is 24.1 Å². The number of carbonyl (C=O) groups is 2. The van der Waals surface area contributed by atoms with Gasteiger partial charge in [-0.05, 0) is 31.0 Å². The summed E-state index contributed by atoms with van der Waals surface area (Å²) in [5, 5.41) is 5.30. The second kappa shape index (κ2) is 6.70. The Morgan fingerprint density at radius 1 is 0.905 bits per heavy atom. The summed E-state index contributed by atoms with van der Waals surface area (Å²) in [5.41, 5.74) is 2.51. The van der Waals surface area contributed by atoms with Crippen LogP contribution in [0.15, 0.2) is 54.6 Å². The molecule has 4 nitrogen and oxygen atoms in total. The Hall–Kier alpha value is -2.62. The molecule has 0 aliphatic heterocycles. The van der Waals surface area contributed by atoms with Gasteiger partial charge in [0.05, 0.1) is 6.04 Å². The highest BCUT2D eigenvalue weighted by atomic mass is 16.2. The quantitative estimate of drug-likeness (QED) is 0.850. The van der Waals surface area contributed by atoms with Crippen LogP contribution in [0.3, 0.4) is 0 Å². The Morgan fingerprint density at radius 3 is 2.19 bits per heavy atom. The van der Waals surface area contributed by atoms with Crippen molar-refractivity contribution >= 4 is 17.5 Å². The Balaban J connectivity index is 1.97. The van der Waals surface area contributed by atoms with Gasteiger partial charge in [0.25, 0.3) is 0 Å². The van der Waals surface area contributed by atoms with Gasteiger partial charge in [-0.15, -0.1) is 0 Å². The van der Waals surface area contributed by atoms with Crippen LogP contribution in [0.2, 0.25) is 0 Å². The van der Waals surface area contributed by atoms with Gasteiger partial charge in [0.2, 0.25) is 0 Å². The molecular formula is C17H18N2O2. The largest absolute Gasteiger partial charge is 0.341 e. The maximum Gasteiger partial charge on any atom is 0.313 e. The lowest BCUT2D eigenvalue weighted by molar-refractivity contribution is -0.136. The minimum absolute atomic E-state index is 0.221. The molecule has 0 fully saturated rings. The molecule has 0 aliphatic carbocycles. The first-order valence-electron chi connectivity index (χ1n) is 6.80. The van der Waals surface area contributed by atoms with Gasteiger partial charge in [-0.2, -0.15) is 0 Å². The van der Waals surface area contributed by atoms with Crippen LogP contribution < -0.4 is 10.6 Å². The molecule has 0 unspecified atom stereocenters. The van der Waals surface area contributed by atoms with E-state index in [4.69, 9.17) is 0 Å². The highest BCUT2D eigenvalue weighted by molar-refractivity contribution is 6.39. The van der Waals surface area contributed by atoms with Crippen LogP contribution in [0.4, 0.5) is 5.69 Å². The fourth-order valence-electron chi connectivity index (χ4n) is 1.98. The van der Waals surface area contributed by atoms with Crippen molar-refractivity contribution in [2.75, 3.05) is 5.32 Å². The monoisotopic (exact) mass is 282 g/mol. The molecule has 2 amide bonds. The number of para-hydroxylation sites is 1. The number of hydrogen-bond acceptors (Lipinski definition) is 2. The van der Waals surface area contributed by atoms with E-state index in [1.54, 1.807) is 6.07 Å². The van der Waals surface area contributed by atoms with Gasteiger partial charge in [0.15, 0.2) is 0 Å². The summed E-state index contributed by atoms with van der Waals surface area (Å²) in [5.74, 6) is -1.30. The third-order valence-electron chi connectivity index (χ3n) is 3.25. The van der Waals surface area contributed by atoms with E-state index in [1.807, 2.05) is 62.4 Å². The van der Waals surface area contributed by atoms with Crippen molar-refractivity contribution in [1.29, 1.82) is 0 Å². The molecule has 0 saturated carbocycles. The van der Waals surface area contributed by atoms with Gasteiger partial charge in [-0.1, -0.05) is 48.5 Å². The number of anilines is 1. The molecule has 4 heteroatoms. The number of amides is 2. The van der Waals surface area contributed by atoms with E-state index in [0.29, 0.717) is 5.69 Å². The average molecular weight is 282 g/mol. The number of hydrogen-bond donors (Lipinski definition) is 2. The minimum Gasteiger partial charge on any atom is -0.341 e. The summed E-state index contributed by atoms with van der Waals surface area (Å²) in [6.07, 6.45) is 0. The molecule has 21 heavy (non-hydrogen) atoms. The van der Waals surface area contributed by atoms with Gasteiger partial charge in [-0.3, -0.25) is 9.59 Å². The second-order valence-electron chi connectivity index (χ2n) is 4.87. The lowest BCUT2D eigenvalue weighted by atomic mass is 10.1. The zero-order valence-corrected chi connectivity index (χ0v) is 12.1. The van der Waals surface area contributed by atoms with Crippen LogP contribution in [-0.2, 0) is 9.59 Å². The molecular weight excluding hydrogens is 264 g/mol. The fraction of sp³-hybridized carbons (Fsp3) is 0.176. The van der Waals surface area contributed by atoms with E-state index in [1.165, 1.54) is 0 Å².